The predicted octanol–water partition coefficient (Wildman–Crippen LogP) is 3.12. The second kappa shape index (κ2) is 4.57. The van der Waals surface area contributed by atoms with Gasteiger partial charge in [-0.1, -0.05) is 11.6 Å². The predicted molar refractivity (Wildman–Crippen MR) is 75.2 cm³/mol. The molecule has 4 nitrogen and oxygen atoms in total. The molecule has 3 aromatic rings. The van der Waals surface area contributed by atoms with Crippen LogP contribution < -0.4 is 5.32 Å². The van der Waals surface area contributed by atoms with Crippen LogP contribution in [0.5, 0.6) is 0 Å². The number of benzene rings is 1. The summed E-state index contributed by atoms with van der Waals surface area (Å²) in [5.74, 6) is -0.165. The Balaban J connectivity index is 1.89. The van der Waals surface area contributed by atoms with Gasteiger partial charge in [0.1, 0.15) is 5.69 Å². The van der Waals surface area contributed by atoms with Crippen LogP contribution in [-0.4, -0.2) is 15.9 Å². The van der Waals surface area contributed by atoms with Crippen LogP contribution in [0, 0.1) is 6.92 Å². The summed E-state index contributed by atoms with van der Waals surface area (Å²) in [6.45, 7) is 2.03. The fourth-order valence-corrected chi connectivity index (χ4v) is 2.01. The summed E-state index contributed by atoms with van der Waals surface area (Å²) in [5, 5.41) is 3.84. The van der Waals surface area contributed by atoms with Gasteiger partial charge >= 0.3 is 0 Å². The van der Waals surface area contributed by atoms with Crippen LogP contribution in [0.2, 0.25) is 0 Å². The monoisotopic (exact) mass is 251 g/mol. The molecule has 19 heavy (non-hydrogen) atoms. The lowest BCUT2D eigenvalue weighted by atomic mass is 10.2. The number of nitrogens with zero attached hydrogens (tertiary/aromatic N) is 1. The molecule has 2 heterocycles. The number of carbonyl (C=O) groups excluding carboxylic acids is 1. The van der Waals surface area contributed by atoms with Crippen molar-refractivity contribution in [3.05, 3.63) is 60.0 Å². The Labute approximate surface area is 110 Å². The van der Waals surface area contributed by atoms with E-state index in [9.17, 15) is 4.79 Å². The van der Waals surface area contributed by atoms with Crippen LogP contribution in [0.15, 0.2) is 48.8 Å². The molecule has 0 aliphatic rings. The van der Waals surface area contributed by atoms with Crippen LogP contribution in [0.4, 0.5) is 5.69 Å². The highest BCUT2D eigenvalue weighted by Crippen LogP contribution is 2.17. The van der Waals surface area contributed by atoms with Crippen molar-refractivity contribution in [1.29, 1.82) is 0 Å². The average molecular weight is 251 g/mol. The van der Waals surface area contributed by atoms with Gasteiger partial charge in [-0.15, -0.1) is 0 Å². The molecule has 1 amide bonds. The number of nitrogens with one attached hydrogen (secondary N) is 2. The van der Waals surface area contributed by atoms with Gasteiger partial charge in [-0.2, -0.15) is 0 Å². The van der Waals surface area contributed by atoms with Crippen LogP contribution in [0.25, 0.3) is 10.9 Å². The molecular weight excluding hydrogens is 238 g/mol. The molecule has 0 radical (unpaired) electrons. The SMILES string of the molecule is Cc1ccc2[nH]c(C(=O)Nc3cccnc3)cc2c1. The Morgan fingerprint density at radius 2 is 2.16 bits per heavy atom. The van der Waals surface area contributed by atoms with E-state index < -0.39 is 0 Å². The molecule has 94 valence electrons. The first-order chi connectivity index (χ1) is 9.22. The fourth-order valence-electron chi connectivity index (χ4n) is 2.01. The molecule has 4 heteroatoms. The summed E-state index contributed by atoms with van der Waals surface area (Å²) in [6.07, 6.45) is 3.28. The molecule has 0 spiro atoms. The van der Waals surface area contributed by atoms with Crippen LogP contribution in [-0.2, 0) is 0 Å². The lowest BCUT2D eigenvalue weighted by Crippen LogP contribution is -2.12. The largest absolute Gasteiger partial charge is 0.351 e. The van der Waals surface area contributed by atoms with E-state index in [1.54, 1.807) is 24.5 Å². The number of aromatic amines is 1. The fraction of sp³-hybridized carbons (Fsp3) is 0.0667. The van der Waals surface area contributed by atoms with E-state index in [2.05, 4.69) is 15.3 Å². The van der Waals surface area contributed by atoms with Crippen molar-refractivity contribution in [2.75, 3.05) is 5.32 Å². The molecule has 2 N–H and O–H groups in total. The second-order valence-electron chi connectivity index (χ2n) is 4.47. The van der Waals surface area contributed by atoms with E-state index in [4.69, 9.17) is 0 Å². The first-order valence-electron chi connectivity index (χ1n) is 6.03. The van der Waals surface area contributed by atoms with Gasteiger partial charge in [-0.05, 0) is 37.3 Å². The highest BCUT2D eigenvalue weighted by atomic mass is 16.1. The maximum absolute atomic E-state index is 12.1. The third-order valence-electron chi connectivity index (χ3n) is 2.94. The number of pyridine rings is 1. The Bertz CT molecular complexity index is 731. The molecule has 1 aromatic carbocycles. The molecule has 0 atom stereocenters. The van der Waals surface area contributed by atoms with Gasteiger partial charge < -0.3 is 10.3 Å². The van der Waals surface area contributed by atoms with Gasteiger partial charge in [-0.25, -0.2) is 0 Å². The highest BCUT2D eigenvalue weighted by Gasteiger charge is 2.09. The Morgan fingerprint density at radius 3 is 2.95 bits per heavy atom. The quantitative estimate of drug-likeness (QED) is 0.735. The van der Waals surface area contributed by atoms with Crippen molar-refractivity contribution in [3.63, 3.8) is 0 Å². The molecule has 0 aliphatic heterocycles. The number of anilines is 1. The first kappa shape index (κ1) is 11.5. The third kappa shape index (κ3) is 2.33. The van der Waals surface area contributed by atoms with E-state index in [-0.39, 0.29) is 5.91 Å². The number of fused-ring (bicyclic) bond motifs is 1. The number of hydrogen-bond donors (Lipinski definition) is 2. The van der Waals surface area contributed by atoms with Crippen molar-refractivity contribution in [1.82, 2.24) is 9.97 Å². The molecule has 3 rings (SSSR count). The number of hydrogen-bond acceptors (Lipinski definition) is 2. The highest BCUT2D eigenvalue weighted by molar-refractivity contribution is 6.05. The normalized spacial score (nSPS) is 10.6. The lowest BCUT2D eigenvalue weighted by molar-refractivity contribution is 0.102. The molecule has 0 saturated carbocycles. The molecule has 0 saturated heterocycles. The van der Waals surface area contributed by atoms with E-state index in [1.165, 1.54) is 5.56 Å². The zero-order chi connectivity index (χ0) is 13.2. The number of H-pyrrole nitrogens is 1. The molecule has 0 bridgehead atoms. The Hall–Kier alpha value is -2.62. The molecule has 0 fully saturated rings. The standard InChI is InChI=1S/C15H13N3O/c1-10-4-5-13-11(7-10)8-14(18-13)15(19)17-12-3-2-6-16-9-12/h2-9,18H,1H3,(H,17,19). The topological polar surface area (TPSA) is 57.8 Å². The van der Waals surface area contributed by atoms with Crippen LogP contribution in [0.3, 0.4) is 0 Å². The second-order valence-corrected chi connectivity index (χ2v) is 4.47. The first-order valence-corrected chi connectivity index (χ1v) is 6.03. The minimum atomic E-state index is -0.165. The number of carbonyl (C=O) groups is 1. The van der Waals surface area contributed by atoms with Gasteiger partial charge in [0.2, 0.25) is 0 Å². The van der Waals surface area contributed by atoms with E-state index in [0.29, 0.717) is 11.4 Å². The number of aryl methyl sites for hydroxylation is 1. The molecule has 2 aromatic heterocycles. The summed E-state index contributed by atoms with van der Waals surface area (Å²) >= 11 is 0. The van der Waals surface area contributed by atoms with E-state index in [0.717, 1.165) is 10.9 Å². The number of amides is 1. The summed E-state index contributed by atoms with van der Waals surface area (Å²) in [4.78, 5) is 19.2. The van der Waals surface area contributed by atoms with Gasteiger partial charge in [0, 0.05) is 17.1 Å². The average Bonchev–Trinajstić information content (AvgIpc) is 2.83. The van der Waals surface area contributed by atoms with E-state index >= 15 is 0 Å². The lowest BCUT2D eigenvalue weighted by Gasteiger charge is -2.01. The van der Waals surface area contributed by atoms with Crippen molar-refractivity contribution in [2.45, 2.75) is 6.92 Å². The minimum absolute atomic E-state index is 0.165. The Morgan fingerprint density at radius 1 is 1.26 bits per heavy atom. The minimum Gasteiger partial charge on any atom is -0.351 e. The maximum atomic E-state index is 12.1. The molecule has 0 aliphatic carbocycles. The Kier molecular flexibility index (Phi) is 2.76. The van der Waals surface area contributed by atoms with Gasteiger partial charge in [0.25, 0.3) is 5.91 Å². The summed E-state index contributed by atoms with van der Waals surface area (Å²) in [5.41, 5.74) is 3.36. The van der Waals surface area contributed by atoms with Crippen LogP contribution in [0.1, 0.15) is 16.1 Å². The van der Waals surface area contributed by atoms with Crippen molar-refractivity contribution in [2.24, 2.45) is 0 Å². The van der Waals surface area contributed by atoms with Gasteiger partial charge in [0.15, 0.2) is 0 Å². The number of rotatable bonds is 2. The summed E-state index contributed by atoms with van der Waals surface area (Å²) in [6, 6.07) is 11.5. The van der Waals surface area contributed by atoms with Gasteiger partial charge in [0.05, 0.1) is 11.9 Å². The van der Waals surface area contributed by atoms with Crippen molar-refractivity contribution >= 4 is 22.5 Å². The summed E-state index contributed by atoms with van der Waals surface area (Å²) < 4.78 is 0. The smallest absolute Gasteiger partial charge is 0.272 e. The zero-order valence-corrected chi connectivity index (χ0v) is 10.5. The number of aromatic nitrogens is 2. The van der Waals surface area contributed by atoms with E-state index in [1.807, 2.05) is 31.2 Å². The van der Waals surface area contributed by atoms with Crippen molar-refractivity contribution < 1.29 is 4.79 Å². The van der Waals surface area contributed by atoms with Crippen molar-refractivity contribution in [3.8, 4) is 0 Å². The van der Waals surface area contributed by atoms with Crippen LogP contribution >= 0.6 is 0 Å². The summed E-state index contributed by atoms with van der Waals surface area (Å²) in [7, 11) is 0. The molecular formula is C15H13N3O. The molecule has 0 unspecified atom stereocenters. The maximum Gasteiger partial charge on any atom is 0.272 e. The third-order valence-corrected chi connectivity index (χ3v) is 2.94. The zero-order valence-electron chi connectivity index (χ0n) is 10.5. The van der Waals surface area contributed by atoms with Gasteiger partial charge in [-0.3, -0.25) is 9.78 Å².